The first kappa shape index (κ1) is 19.4. The van der Waals surface area contributed by atoms with E-state index in [9.17, 15) is 4.79 Å². The van der Waals surface area contributed by atoms with Crippen LogP contribution in [0.3, 0.4) is 0 Å². The number of aromatic nitrogens is 2. The average molecular weight is 397 g/mol. The van der Waals surface area contributed by atoms with Gasteiger partial charge >= 0.3 is 0 Å². The van der Waals surface area contributed by atoms with E-state index in [1.54, 1.807) is 12.4 Å². The van der Waals surface area contributed by atoms with Gasteiger partial charge in [-0.15, -0.1) is 0 Å². The zero-order chi connectivity index (χ0) is 20.2. The molecule has 1 unspecified atom stereocenters. The Bertz CT molecular complexity index is 836. The Labute approximate surface area is 171 Å². The summed E-state index contributed by atoms with van der Waals surface area (Å²) < 4.78 is 11.4. The Morgan fingerprint density at radius 2 is 1.90 bits per heavy atom. The third kappa shape index (κ3) is 4.59. The minimum absolute atomic E-state index is 0.0396. The lowest BCUT2D eigenvalue weighted by Gasteiger charge is -2.29. The highest BCUT2D eigenvalue weighted by Crippen LogP contribution is 2.21. The molecule has 0 spiro atoms. The van der Waals surface area contributed by atoms with Crippen LogP contribution >= 0.6 is 0 Å². The van der Waals surface area contributed by atoms with E-state index in [2.05, 4.69) is 14.9 Å². The van der Waals surface area contributed by atoms with Gasteiger partial charge in [0.25, 0.3) is 5.91 Å². The lowest BCUT2D eigenvalue weighted by atomic mass is 10.1. The summed E-state index contributed by atoms with van der Waals surface area (Å²) in [4.78, 5) is 27.5. The number of carbonyl (C=O) groups is 1. The van der Waals surface area contributed by atoms with Gasteiger partial charge in [0.15, 0.2) is 5.82 Å². The van der Waals surface area contributed by atoms with Crippen molar-refractivity contribution in [1.82, 2.24) is 14.9 Å². The molecule has 3 heterocycles. The summed E-state index contributed by atoms with van der Waals surface area (Å²) in [7, 11) is 3.82. The molecule has 2 aliphatic rings. The van der Waals surface area contributed by atoms with Gasteiger partial charge in [0.2, 0.25) is 5.88 Å². The number of anilines is 2. The normalized spacial score (nSPS) is 19.3. The maximum absolute atomic E-state index is 12.9. The summed E-state index contributed by atoms with van der Waals surface area (Å²) in [6, 6.07) is 7.86. The fourth-order valence-electron chi connectivity index (χ4n) is 3.61. The molecule has 154 valence electrons. The van der Waals surface area contributed by atoms with Gasteiger partial charge in [0.1, 0.15) is 6.10 Å². The zero-order valence-electron chi connectivity index (χ0n) is 17.0. The van der Waals surface area contributed by atoms with Crippen LogP contribution in [0.25, 0.3) is 0 Å². The van der Waals surface area contributed by atoms with Crippen molar-refractivity contribution < 1.29 is 14.3 Å². The summed E-state index contributed by atoms with van der Waals surface area (Å²) in [5.41, 5.74) is 1.84. The van der Waals surface area contributed by atoms with Crippen molar-refractivity contribution in [2.75, 3.05) is 63.3 Å². The van der Waals surface area contributed by atoms with Gasteiger partial charge in [-0.3, -0.25) is 9.78 Å². The van der Waals surface area contributed by atoms with E-state index >= 15 is 0 Å². The highest BCUT2D eigenvalue weighted by Gasteiger charge is 2.29. The highest BCUT2D eigenvalue weighted by molar-refractivity contribution is 5.94. The standard InChI is InChI=1S/C21H27N5O3/c1-24(2)19-13-22-14-20(23-19)29-18-7-8-26(15-18)21(27)16-3-5-17(6-4-16)25-9-11-28-12-10-25/h3-6,13-14,18H,7-12,15H2,1-2H3. The van der Waals surface area contributed by atoms with Gasteiger partial charge in [0.05, 0.1) is 32.2 Å². The second kappa shape index (κ2) is 8.65. The van der Waals surface area contributed by atoms with E-state index in [0.29, 0.717) is 24.5 Å². The van der Waals surface area contributed by atoms with E-state index in [1.165, 1.54) is 0 Å². The number of morpholine rings is 1. The van der Waals surface area contributed by atoms with E-state index in [-0.39, 0.29) is 12.0 Å². The molecule has 8 heteroatoms. The van der Waals surface area contributed by atoms with Gasteiger partial charge in [-0.1, -0.05) is 0 Å². The van der Waals surface area contributed by atoms with Crippen molar-refractivity contribution in [1.29, 1.82) is 0 Å². The van der Waals surface area contributed by atoms with Crippen LogP contribution in [0.5, 0.6) is 5.88 Å². The number of hydrogen-bond acceptors (Lipinski definition) is 7. The van der Waals surface area contributed by atoms with E-state index < -0.39 is 0 Å². The Kier molecular flexibility index (Phi) is 5.80. The molecule has 1 amide bonds. The Morgan fingerprint density at radius 1 is 1.14 bits per heavy atom. The van der Waals surface area contributed by atoms with E-state index in [0.717, 1.165) is 44.2 Å². The number of carbonyl (C=O) groups excluding carboxylic acids is 1. The smallest absolute Gasteiger partial charge is 0.253 e. The SMILES string of the molecule is CN(C)c1cncc(OC2CCN(C(=O)c3ccc(N4CCOCC4)cc3)C2)n1. The van der Waals surface area contributed by atoms with Crippen molar-refractivity contribution in [3.05, 3.63) is 42.2 Å². The molecule has 2 saturated heterocycles. The monoisotopic (exact) mass is 397 g/mol. The molecule has 0 aliphatic carbocycles. The molecular weight excluding hydrogens is 370 g/mol. The third-order valence-electron chi connectivity index (χ3n) is 5.27. The first-order chi connectivity index (χ1) is 14.1. The zero-order valence-corrected chi connectivity index (χ0v) is 17.0. The van der Waals surface area contributed by atoms with Crippen LogP contribution in [0.15, 0.2) is 36.7 Å². The van der Waals surface area contributed by atoms with Crippen molar-refractivity contribution in [2.24, 2.45) is 0 Å². The Morgan fingerprint density at radius 3 is 2.62 bits per heavy atom. The molecule has 0 bridgehead atoms. The second-order valence-electron chi connectivity index (χ2n) is 7.54. The summed E-state index contributed by atoms with van der Waals surface area (Å²) >= 11 is 0. The molecule has 8 nitrogen and oxygen atoms in total. The summed E-state index contributed by atoms with van der Waals surface area (Å²) in [5.74, 6) is 1.27. The molecular formula is C21H27N5O3. The van der Waals surface area contributed by atoms with Crippen LogP contribution in [0, 0.1) is 0 Å². The number of hydrogen-bond donors (Lipinski definition) is 0. The number of nitrogens with zero attached hydrogens (tertiary/aromatic N) is 5. The molecule has 2 fully saturated rings. The average Bonchev–Trinajstić information content (AvgIpc) is 3.22. The largest absolute Gasteiger partial charge is 0.471 e. The maximum Gasteiger partial charge on any atom is 0.253 e. The lowest BCUT2D eigenvalue weighted by molar-refractivity contribution is 0.0771. The van der Waals surface area contributed by atoms with Gasteiger partial charge < -0.3 is 24.2 Å². The molecule has 0 N–H and O–H groups in total. The Balaban J connectivity index is 1.35. The highest BCUT2D eigenvalue weighted by atomic mass is 16.5. The summed E-state index contributed by atoms with van der Waals surface area (Å²) in [5, 5.41) is 0. The van der Waals surface area contributed by atoms with Crippen LogP contribution in [0.1, 0.15) is 16.8 Å². The first-order valence-electron chi connectivity index (χ1n) is 9.98. The molecule has 2 aliphatic heterocycles. The minimum atomic E-state index is -0.0710. The molecule has 29 heavy (non-hydrogen) atoms. The molecule has 0 saturated carbocycles. The van der Waals surface area contributed by atoms with Crippen molar-refractivity contribution >= 4 is 17.4 Å². The number of ether oxygens (including phenoxy) is 2. The number of amides is 1. The molecule has 1 aromatic carbocycles. The molecule has 1 aromatic heterocycles. The van der Waals surface area contributed by atoms with Crippen LogP contribution in [0.2, 0.25) is 0 Å². The quantitative estimate of drug-likeness (QED) is 0.760. The number of likely N-dealkylation sites (tertiary alicyclic amines) is 1. The van der Waals surface area contributed by atoms with Crippen LogP contribution in [0.4, 0.5) is 11.5 Å². The Hall–Kier alpha value is -2.87. The second-order valence-corrected chi connectivity index (χ2v) is 7.54. The van der Waals surface area contributed by atoms with Crippen LogP contribution in [-0.4, -0.2) is 80.4 Å². The predicted molar refractivity (Wildman–Crippen MR) is 111 cm³/mol. The summed E-state index contributed by atoms with van der Waals surface area (Å²) in [6.45, 7) is 4.50. The maximum atomic E-state index is 12.9. The fraction of sp³-hybridized carbons (Fsp3) is 0.476. The predicted octanol–water partition coefficient (Wildman–Crippen LogP) is 1.67. The number of benzene rings is 1. The van der Waals surface area contributed by atoms with Gasteiger partial charge in [0, 0.05) is 51.4 Å². The van der Waals surface area contributed by atoms with E-state index in [1.807, 2.05) is 48.2 Å². The molecule has 2 aromatic rings. The van der Waals surface area contributed by atoms with Crippen LogP contribution < -0.4 is 14.5 Å². The molecule has 0 radical (unpaired) electrons. The lowest BCUT2D eigenvalue weighted by Crippen LogP contribution is -2.36. The van der Waals surface area contributed by atoms with E-state index in [4.69, 9.17) is 9.47 Å². The number of rotatable bonds is 5. The van der Waals surface area contributed by atoms with Crippen molar-refractivity contribution in [3.8, 4) is 5.88 Å². The van der Waals surface area contributed by atoms with Crippen molar-refractivity contribution in [2.45, 2.75) is 12.5 Å². The third-order valence-corrected chi connectivity index (χ3v) is 5.27. The van der Waals surface area contributed by atoms with Crippen molar-refractivity contribution in [3.63, 3.8) is 0 Å². The van der Waals surface area contributed by atoms with Gasteiger partial charge in [-0.25, -0.2) is 0 Å². The fourth-order valence-corrected chi connectivity index (χ4v) is 3.61. The first-order valence-corrected chi connectivity index (χ1v) is 9.98. The minimum Gasteiger partial charge on any atom is -0.471 e. The van der Waals surface area contributed by atoms with Crippen LogP contribution in [-0.2, 0) is 4.74 Å². The topological polar surface area (TPSA) is 71.0 Å². The summed E-state index contributed by atoms with van der Waals surface area (Å²) in [6.07, 6.45) is 4.02. The molecule has 4 rings (SSSR count). The van der Waals surface area contributed by atoms with Gasteiger partial charge in [-0.2, -0.15) is 4.98 Å². The molecule has 1 atom stereocenters. The van der Waals surface area contributed by atoms with Gasteiger partial charge in [-0.05, 0) is 24.3 Å².